The SMILES string of the molecule is CCNC(=NCCCc1nnc2ccccn12)N1CCC(CN(CC)CC(F)(F)F)C1. The molecule has 1 unspecified atom stereocenters. The lowest BCUT2D eigenvalue weighted by Crippen LogP contribution is -2.42. The van der Waals surface area contributed by atoms with Crippen molar-refractivity contribution in [3.05, 3.63) is 30.2 Å². The minimum Gasteiger partial charge on any atom is -0.357 e. The highest BCUT2D eigenvalue weighted by Gasteiger charge is 2.33. The fraction of sp³-hybridized carbons (Fsp3) is 0.667. The number of aliphatic imine (C=N–C) groups is 1. The van der Waals surface area contributed by atoms with Crippen LogP contribution < -0.4 is 5.32 Å². The molecule has 1 N–H and O–H groups in total. The third-order valence-corrected chi connectivity index (χ3v) is 5.49. The van der Waals surface area contributed by atoms with Gasteiger partial charge in [0.05, 0.1) is 6.54 Å². The Morgan fingerprint density at radius 2 is 2.13 bits per heavy atom. The summed E-state index contributed by atoms with van der Waals surface area (Å²) in [4.78, 5) is 8.40. The zero-order valence-electron chi connectivity index (χ0n) is 18.3. The van der Waals surface area contributed by atoms with Crippen molar-refractivity contribution in [1.29, 1.82) is 0 Å². The first-order valence-corrected chi connectivity index (χ1v) is 11.0. The molecule has 0 aliphatic carbocycles. The molecular weight excluding hydrogens is 407 g/mol. The molecule has 0 saturated carbocycles. The van der Waals surface area contributed by atoms with Gasteiger partial charge in [-0.05, 0) is 44.4 Å². The lowest BCUT2D eigenvalue weighted by Gasteiger charge is -2.26. The first-order chi connectivity index (χ1) is 14.9. The summed E-state index contributed by atoms with van der Waals surface area (Å²) < 4.78 is 40.2. The molecule has 0 aromatic carbocycles. The number of fused-ring (bicyclic) bond motifs is 1. The summed E-state index contributed by atoms with van der Waals surface area (Å²) in [5, 5.41) is 11.7. The second kappa shape index (κ2) is 10.8. The highest BCUT2D eigenvalue weighted by atomic mass is 19.4. The number of rotatable bonds is 9. The van der Waals surface area contributed by atoms with Crippen LogP contribution in [0.3, 0.4) is 0 Å². The summed E-state index contributed by atoms with van der Waals surface area (Å²) in [6.45, 7) is 6.78. The highest BCUT2D eigenvalue weighted by molar-refractivity contribution is 5.80. The average molecular weight is 440 g/mol. The van der Waals surface area contributed by atoms with E-state index < -0.39 is 12.7 Å². The molecule has 1 saturated heterocycles. The molecule has 0 amide bonds. The molecule has 1 fully saturated rings. The fourth-order valence-corrected chi connectivity index (χ4v) is 4.01. The first kappa shape index (κ1) is 23.3. The largest absolute Gasteiger partial charge is 0.401 e. The molecular formula is C21H32F3N7. The molecule has 1 atom stereocenters. The van der Waals surface area contributed by atoms with Crippen molar-refractivity contribution in [3.8, 4) is 0 Å². The molecule has 2 aromatic rings. The van der Waals surface area contributed by atoms with E-state index >= 15 is 0 Å². The number of aromatic nitrogens is 3. The number of halogens is 3. The monoisotopic (exact) mass is 439 g/mol. The number of aryl methyl sites for hydroxylation is 1. The number of hydrogen-bond acceptors (Lipinski definition) is 4. The Hall–Kier alpha value is -2.36. The van der Waals surface area contributed by atoms with Crippen molar-refractivity contribution >= 4 is 11.6 Å². The standard InChI is InChI=1S/C21H32F3N7/c1-3-25-20(26-11-7-9-19-28-27-18-8-5-6-12-31(18)19)30-13-10-17(15-30)14-29(4-2)16-21(22,23)24/h5-6,8,12,17H,3-4,7,9-11,13-16H2,1-2H3,(H,25,26). The third-order valence-electron chi connectivity index (χ3n) is 5.49. The molecule has 10 heteroatoms. The van der Waals surface area contributed by atoms with E-state index in [0.29, 0.717) is 19.6 Å². The summed E-state index contributed by atoms with van der Waals surface area (Å²) >= 11 is 0. The molecule has 3 rings (SSSR count). The van der Waals surface area contributed by atoms with Crippen LogP contribution >= 0.6 is 0 Å². The van der Waals surface area contributed by atoms with Crippen LogP contribution in [-0.2, 0) is 6.42 Å². The van der Waals surface area contributed by atoms with Crippen molar-refractivity contribution in [3.63, 3.8) is 0 Å². The Bertz CT molecular complexity index is 849. The first-order valence-electron chi connectivity index (χ1n) is 11.0. The van der Waals surface area contributed by atoms with Gasteiger partial charge in [0.25, 0.3) is 0 Å². The fourth-order valence-electron chi connectivity index (χ4n) is 4.01. The van der Waals surface area contributed by atoms with Crippen molar-refractivity contribution in [2.75, 3.05) is 45.8 Å². The second-order valence-corrected chi connectivity index (χ2v) is 7.93. The molecule has 1 aliphatic rings. The zero-order valence-corrected chi connectivity index (χ0v) is 18.3. The molecule has 172 valence electrons. The minimum absolute atomic E-state index is 0.216. The number of hydrogen-bond donors (Lipinski definition) is 1. The van der Waals surface area contributed by atoms with Gasteiger partial charge in [0.1, 0.15) is 5.82 Å². The summed E-state index contributed by atoms with van der Waals surface area (Å²) in [6, 6.07) is 5.82. The molecule has 2 aromatic heterocycles. The van der Waals surface area contributed by atoms with Crippen LogP contribution in [0.1, 0.15) is 32.5 Å². The zero-order chi connectivity index (χ0) is 22.3. The lowest BCUT2D eigenvalue weighted by molar-refractivity contribution is -0.146. The number of pyridine rings is 1. The van der Waals surface area contributed by atoms with Gasteiger partial charge in [0, 0.05) is 45.3 Å². The van der Waals surface area contributed by atoms with Gasteiger partial charge in [-0.15, -0.1) is 10.2 Å². The Morgan fingerprint density at radius 1 is 1.29 bits per heavy atom. The number of nitrogens with zero attached hydrogens (tertiary/aromatic N) is 6. The Balaban J connectivity index is 1.51. The second-order valence-electron chi connectivity index (χ2n) is 7.93. The maximum atomic E-state index is 12.7. The molecule has 3 heterocycles. The summed E-state index contributed by atoms with van der Waals surface area (Å²) in [5.41, 5.74) is 0.837. The van der Waals surface area contributed by atoms with Crippen LogP contribution in [0, 0.1) is 5.92 Å². The van der Waals surface area contributed by atoms with Crippen LogP contribution in [0.4, 0.5) is 13.2 Å². The molecule has 0 spiro atoms. The summed E-state index contributed by atoms with van der Waals surface area (Å²) in [7, 11) is 0. The Kier molecular flexibility index (Phi) is 8.11. The number of alkyl halides is 3. The van der Waals surface area contributed by atoms with E-state index in [0.717, 1.165) is 56.3 Å². The molecule has 7 nitrogen and oxygen atoms in total. The average Bonchev–Trinajstić information content (AvgIpc) is 3.36. The Morgan fingerprint density at radius 3 is 2.87 bits per heavy atom. The number of nitrogens with one attached hydrogen (secondary N) is 1. The van der Waals surface area contributed by atoms with Crippen molar-refractivity contribution in [1.82, 2.24) is 29.7 Å². The molecule has 31 heavy (non-hydrogen) atoms. The predicted octanol–water partition coefficient (Wildman–Crippen LogP) is 2.83. The van der Waals surface area contributed by atoms with Gasteiger partial charge in [-0.1, -0.05) is 13.0 Å². The smallest absolute Gasteiger partial charge is 0.357 e. The van der Waals surface area contributed by atoms with Crippen molar-refractivity contribution in [2.24, 2.45) is 10.9 Å². The van der Waals surface area contributed by atoms with E-state index in [1.165, 1.54) is 4.90 Å². The number of guanidine groups is 1. The van der Waals surface area contributed by atoms with Gasteiger partial charge in [0.2, 0.25) is 0 Å². The van der Waals surface area contributed by atoms with E-state index in [1.807, 2.05) is 35.7 Å². The normalized spacial score (nSPS) is 17.8. The van der Waals surface area contributed by atoms with Crippen molar-refractivity contribution < 1.29 is 13.2 Å². The van der Waals surface area contributed by atoms with Crippen LogP contribution in [0.5, 0.6) is 0 Å². The van der Waals surface area contributed by atoms with Gasteiger partial charge in [-0.3, -0.25) is 14.3 Å². The van der Waals surface area contributed by atoms with Gasteiger partial charge in [-0.2, -0.15) is 13.2 Å². The van der Waals surface area contributed by atoms with E-state index in [2.05, 4.69) is 20.4 Å². The predicted molar refractivity (Wildman–Crippen MR) is 115 cm³/mol. The quantitative estimate of drug-likeness (QED) is 0.370. The Labute approximate surface area is 181 Å². The summed E-state index contributed by atoms with van der Waals surface area (Å²) in [5.74, 6) is 1.98. The van der Waals surface area contributed by atoms with Crippen LogP contribution in [0.2, 0.25) is 0 Å². The van der Waals surface area contributed by atoms with Gasteiger partial charge in [0.15, 0.2) is 11.6 Å². The van der Waals surface area contributed by atoms with Crippen LogP contribution in [-0.4, -0.2) is 82.3 Å². The maximum absolute atomic E-state index is 12.7. The van der Waals surface area contributed by atoms with Gasteiger partial charge < -0.3 is 10.2 Å². The van der Waals surface area contributed by atoms with Gasteiger partial charge in [-0.25, -0.2) is 0 Å². The topological polar surface area (TPSA) is 61.1 Å². The number of likely N-dealkylation sites (tertiary alicyclic amines) is 1. The van der Waals surface area contributed by atoms with Crippen molar-refractivity contribution in [2.45, 2.75) is 39.3 Å². The minimum atomic E-state index is -4.15. The molecule has 1 aliphatic heterocycles. The van der Waals surface area contributed by atoms with E-state index in [4.69, 9.17) is 4.99 Å². The van der Waals surface area contributed by atoms with Crippen LogP contribution in [0.15, 0.2) is 29.4 Å². The summed E-state index contributed by atoms with van der Waals surface area (Å²) in [6.07, 6.45) is 0.308. The van der Waals surface area contributed by atoms with E-state index in [-0.39, 0.29) is 5.92 Å². The lowest BCUT2D eigenvalue weighted by atomic mass is 10.1. The molecule has 0 radical (unpaired) electrons. The van der Waals surface area contributed by atoms with Gasteiger partial charge >= 0.3 is 6.18 Å². The van der Waals surface area contributed by atoms with E-state index in [9.17, 15) is 13.2 Å². The highest BCUT2D eigenvalue weighted by Crippen LogP contribution is 2.21. The third kappa shape index (κ3) is 6.81. The van der Waals surface area contributed by atoms with E-state index in [1.54, 1.807) is 6.92 Å². The van der Waals surface area contributed by atoms with Crippen LogP contribution in [0.25, 0.3) is 5.65 Å². The maximum Gasteiger partial charge on any atom is 0.401 e. The molecule has 0 bridgehead atoms.